The highest BCUT2D eigenvalue weighted by molar-refractivity contribution is 5.95. The molecule has 0 unspecified atom stereocenters. The minimum Gasteiger partial charge on any atom is -0.491 e. The summed E-state index contributed by atoms with van der Waals surface area (Å²) in [6.45, 7) is 3.90. The van der Waals surface area contributed by atoms with Crippen molar-refractivity contribution < 1.29 is 19.4 Å². The Bertz CT molecular complexity index is 524. The summed E-state index contributed by atoms with van der Waals surface area (Å²) in [6.07, 6.45) is 3.09. The van der Waals surface area contributed by atoms with Gasteiger partial charge in [0.1, 0.15) is 5.75 Å². The number of carboxylic acid groups (broad SMARTS) is 1. The molecule has 0 aliphatic heterocycles. The predicted molar refractivity (Wildman–Crippen MR) is 83.9 cm³/mol. The van der Waals surface area contributed by atoms with Crippen LogP contribution in [0.3, 0.4) is 0 Å². The lowest BCUT2D eigenvalue weighted by Crippen LogP contribution is -2.36. The van der Waals surface area contributed by atoms with E-state index in [0.29, 0.717) is 18.5 Å². The number of benzene rings is 1. The summed E-state index contributed by atoms with van der Waals surface area (Å²) in [5.41, 5.74) is 0.663. The largest absolute Gasteiger partial charge is 0.491 e. The summed E-state index contributed by atoms with van der Waals surface area (Å²) in [6, 6.07) is 7.14. The number of hydrogen-bond acceptors (Lipinski definition) is 3. The third-order valence-electron chi connectivity index (χ3n) is 3.91. The van der Waals surface area contributed by atoms with Crippen molar-refractivity contribution in [2.24, 2.45) is 11.8 Å². The monoisotopic (exact) mass is 305 g/mol. The Kier molecular flexibility index (Phi) is 5.41. The van der Waals surface area contributed by atoms with Crippen LogP contribution in [0.15, 0.2) is 24.3 Å². The number of carbonyl (C=O) groups is 2. The Hall–Kier alpha value is -2.04. The average molecular weight is 305 g/mol. The van der Waals surface area contributed by atoms with Gasteiger partial charge in [-0.25, -0.2) is 0 Å². The molecule has 2 N–H and O–H groups in total. The van der Waals surface area contributed by atoms with Gasteiger partial charge in [-0.1, -0.05) is 12.8 Å². The van der Waals surface area contributed by atoms with E-state index in [4.69, 9.17) is 4.74 Å². The first-order valence-electron chi connectivity index (χ1n) is 7.77. The number of hydrogen-bond donors (Lipinski definition) is 2. The topological polar surface area (TPSA) is 75.6 Å². The standard InChI is InChI=1S/C17H23NO4/c1-11(2)22-13-9-7-12(8-10-13)18-16(19)14-5-3-4-6-15(14)17(20)21/h7-11,14-15H,3-6H2,1-2H3,(H,18,19)(H,20,21)/t14-,15-/m1/s1. The number of amides is 1. The van der Waals surface area contributed by atoms with Crippen molar-refractivity contribution in [2.75, 3.05) is 5.32 Å². The van der Waals surface area contributed by atoms with E-state index >= 15 is 0 Å². The Balaban J connectivity index is 1.99. The number of carbonyl (C=O) groups excluding carboxylic acids is 1. The van der Waals surface area contributed by atoms with Gasteiger partial charge in [0.15, 0.2) is 0 Å². The molecule has 5 nitrogen and oxygen atoms in total. The van der Waals surface area contributed by atoms with Crippen molar-refractivity contribution in [3.05, 3.63) is 24.3 Å². The van der Waals surface area contributed by atoms with Crippen LogP contribution in [-0.4, -0.2) is 23.1 Å². The molecule has 2 atom stereocenters. The van der Waals surface area contributed by atoms with Gasteiger partial charge in [0, 0.05) is 5.69 Å². The molecule has 0 heterocycles. The molecule has 0 aromatic heterocycles. The highest BCUT2D eigenvalue weighted by Gasteiger charge is 2.35. The molecule has 1 aliphatic carbocycles. The Morgan fingerprint density at radius 2 is 1.73 bits per heavy atom. The molecule has 1 fully saturated rings. The number of rotatable bonds is 5. The van der Waals surface area contributed by atoms with Gasteiger partial charge in [-0.15, -0.1) is 0 Å². The van der Waals surface area contributed by atoms with Crippen LogP contribution in [0.5, 0.6) is 5.75 Å². The van der Waals surface area contributed by atoms with Crippen molar-refractivity contribution in [2.45, 2.75) is 45.6 Å². The molecule has 0 bridgehead atoms. The second-order valence-electron chi connectivity index (χ2n) is 6.02. The number of carboxylic acids is 1. The second kappa shape index (κ2) is 7.29. The van der Waals surface area contributed by atoms with Gasteiger partial charge >= 0.3 is 5.97 Å². The Morgan fingerprint density at radius 1 is 1.14 bits per heavy atom. The van der Waals surface area contributed by atoms with E-state index in [2.05, 4.69) is 5.32 Å². The molecular formula is C17H23NO4. The first kappa shape index (κ1) is 16.3. The number of ether oxygens (including phenoxy) is 1. The molecule has 1 aromatic carbocycles. The maximum atomic E-state index is 12.3. The summed E-state index contributed by atoms with van der Waals surface area (Å²) in [5.74, 6) is -1.35. The van der Waals surface area contributed by atoms with Crippen molar-refractivity contribution >= 4 is 17.6 Å². The van der Waals surface area contributed by atoms with Gasteiger partial charge in [0.25, 0.3) is 0 Å². The van der Waals surface area contributed by atoms with E-state index in [1.807, 2.05) is 13.8 Å². The van der Waals surface area contributed by atoms with Crippen molar-refractivity contribution in [1.29, 1.82) is 0 Å². The van der Waals surface area contributed by atoms with E-state index in [0.717, 1.165) is 18.6 Å². The summed E-state index contributed by atoms with van der Waals surface area (Å²) in [4.78, 5) is 23.6. The molecule has 22 heavy (non-hydrogen) atoms. The summed E-state index contributed by atoms with van der Waals surface area (Å²) in [7, 11) is 0. The number of nitrogens with one attached hydrogen (secondary N) is 1. The summed E-state index contributed by atoms with van der Waals surface area (Å²) >= 11 is 0. The third kappa shape index (κ3) is 4.23. The van der Waals surface area contributed by atoms with Gasteiger partial charge in [0.2, 0.25) is 5.91 Å². The molecule has 1 saturated carbocycles. The molecule has 1 aliphatic rings. The van der Waals surface area contributed by atoms with Crippen LogP contribution < -0.4 is 10.1 Å². The maximum Gasteiger partial charge on any atom is 0.307 e. The van der Waals surface area contributed by atoms with Crippen LogP contribution in [0.1, 0.15) is 39.5 Å². The molecule has 120 valence electrons. The average Bonchev–Trinajstić information content (AvgIpc) is 2.48. The third-order valence-corrected chi connectivity index (χ3v) is 3.91. The van der Waals surface area contributed by atoms with E-state index in [1.165, 1.54) is 0 Å². The first-order chi connectivity index (χ1) is 10.5. The van der Waals surface area contributed by atoms with Gasteiger partial charge in [-0.05, 0) is 51.0 Å². The highest BCUT2D eigenvalue weighted by Crippen LogP contribution is 2.31. The van der Waals surface area contributed by atoms with Gasteiger partial charge < -0.3 is 15.2 Å². The number of anilines is 1. The molecule has 2 rings (SSSR count). The zero-order valence-corrected chi connectivity index (χ0v) is 13.0. The normalized spacial score (nSPS) is 21.4. The molecule has 1 amide bonds. The summed E-state index contributed by atoms with van der Waals surface area (Å²) < 4.78 is 5.55. The lowest BCUT2D eigenvalue weighted by atomic mass is 9.78. The fraction of sp³-hybridized carbons (Fsp3) is 0.529. The van der Waals surface area contributed by atoms with E-state index in [9.17, 15) is 14.7 Å². The van der Waals surface area contributed by atoms with Crippen molar-refractivity contribution in [3.8, 4) is 5.75 Å². The Labute approximate surface area is 130 Å². The van der Waals surface area contributed by atoms with E-state index < -0.39 is 17.8 Å². The van der Waals surface area contributed by atoms with Gasteiger partial charge in [-0.2, -0.15) is 0 Å². The SMILES string of the molecule is CC(C)Oc1ccc(NC(=O)[C@@H]2CCCC[C@H]2C(=O)O)cc1. The zero-order valence-electron chi connectivity index (χ0n) is 13.0. The molecule has 0 saturated heterocycles. The van der Waals surface area contributed by atoms with Crippen LogP contribution in [0.25, 0.3) is 0 Å². The molecule has 0 radical (unpaired) electrons. The van der Waals surface area contributed by atoms with Crippen molar-refractivity contribution in [1.82, 2.24) is 0 Å². The molecule has 5 heteroatoms. The van der Waals surface area contributed by atoms with Crippen LogP contribution >= 0.6 is 0 Å². The molecule has 1 aromatic rings. The lowest BCUT2D eigenvalue weighted by Gasteiger charge is -2.27. The first-order valence-corrected chi connectivity index (χ1v) is 7.77. The van der Waals surface area contributed by atoms with Gasteiger partial charge in [-0.3, -0.25) is 9.59 Å². The van der Waals surface area contributed by atoms with Crippen LogP contribution in [0.4, 0.5) is 5.69 Å². The molecular weight excluding hydrogens is 282 g/mol. The number of aliphatic carboxylic acids is 1. The minimum atomic E-state index is -0.875. The quantitative estimate of drug-likeness (QED) is 0.875. The molecule has 0 spiro atoms. The smallest absolute Gasteiger partial charge is 0.307 e. The van der Waals surface area contributed by atoms with E-state index in [1.54, 1.807) is 24.3 Å². The second-order valence-corrected chi connectivity index (χ2v) is 6.02. The lowest BCUT2D eigenvalue weighted by molar-refractivity contribution is -0.147. The maximum absolute atomic E-state index is 12.3. The van der Waals surface area contributed by atoms with Crippen LogP contribution in [-0.2, 0) is 9.59 Å². The van der Waals surface area contributed by atoms with Gasteiger partial charge in [0.05, 0.1) is 17.9 Å². The highest BCUT2D eigenvalue weighted by atomic mass is 16.5. The fourth-order valence-corrected chi connectivity index (χ4v) is 2.86. The van der Waals surface area contributed by atoms with E-state index in [-0.39, 0.29) is 12.0 Å². The summed E-state index contributed by atoms with van der Waals surface area (Å²) in [5, 5.41) is 12.1. The zero-order chi connectivity index (χ0) is 16.1. The van der Waals surface area contributed by atoms with Crippen LogP contribution in [0, 0.1) is 11.8 Å². The Morgan fingerprint density at radius 3 is 2.27 bits per heavy atom. The van der Waals surface area contributed by atoms with Crippen molar-refractivity contribution in [3.63, 3.8) is 0 Å². The predicted octanol–water partition coefficient (Wildman–Crippen LogP) is 3.30. The fourth-order valence-electron chi connectivity index (χ4n) is 2.86. The van der Waals surface area contributed by atoms with Crippen LogP contribution in [0.2, 0.25) is 0 Å². The minimum absolute atomic E-state index is 0.0963.